The normalized spacial score (nSPS) is 14.7. The van der Waals surface area contributed by atoms with E-state index in [9.17, 15) is 4.79 Å². The lowest BCUT2D eigenvalue weighted by molar-refractivity contribution is 0.0983. The highest BCUT2D eigenvalue weighted by molar-refractivity contribution is 5.67. The monoisotopic (exact) mass is 369 g/mol. The number of carbonyl (C=O) groups is 1. The van der Waals surface area contributed by atoms with Crippen molar-refractivity contribution in [1.29, 1.82) is 0 Å². The number of amides is 1. The minimum absolute atomic E-state index is 0.229. The second-order valence-corrected chi connectivity index (χ2v) is 6.55. The van der Waals surface area contributed by atoms with Gasteiger partial charge >= 0.3 is 6.09 Å². The second kappa shape index (κ2) is 9.21. The number of benzene rings is 1. The van der Waals surface area contributed by atoms with Crippen molar-refractivity contribution in [2.24, 2.45) is 0 Å². The zero-order valence-electron chi connectivity index (χ0n) is 15.9. The van der Waals surface area contributed by atoms with Crippen molar-refractivity contribution >= 4 is 23.5 Å². The number of ether oxygens (including phenoxy) is 1. The smallest absolute Gasteiger partial charge is 0.409 e. The zero-order chi connectivity index (χ0) is 19.1. The molecule has 2 aromatic rings. The lowest BCUT2D eigenvalue weighted by atomic mass is 10.1. The molecule has 2 heterocycles. The predicted molar refractivity (Wildman–Crippen MR) is 106 cm³/mol. The van der Waals surface area contributed by atoms with E-state index in [0.29, 0.717) is 25.6 Å². The van der Waals surface area contributed by atoms with E-state index in [1.807, 2.05) is 13.0 Å². The van der Waals surface area contributed by atoms with E-state index in [-0.39, 0.29) is 12.1 Å². The summed E-state index contributed by atoms with van der Waals surface area (Å²) in [5, 5.41) is 6.68. The van der Waals surface area contributed by atoms with Crippen LogP contribution in [-0.2, 0) is 11.2 Å². The van der Waals surface area contributed by atoms with Crippen LogP contribution in [0.2, 0.25) is 0 Å². The molecule has 1 saturated heterocycles. The van der Waals surface area contributed by atoms with Crippen molar-refractivity contribution in [3.63, 3.8) is 0 Å². The van der Waals surface area contributed by atoms with Gasteiger partial charge in [-0.05, 0) is 49.9 Å². The SMILES string of the molecule is CCOC(=O)N1CCC(Nc2nccc(Nc3ccc(CC)cc3)n2)CC1. The lowest BCUT2D eigenvalue weighted by Crippen LogP contribution is -2.42. The van der Waals surface area contributed by atoms with E-state index in [4.69, 9.17) is 4.74 Å². The average Bonchev–Trinajstić information content (AvgIpc) is 2.70. The molecule has 0 atom stereocenters. The van der Waals surface area contributed by atoms with Crippen molar-refractivity contribution < 1.29 is 9.53 Å². The summed E-state index contributed by atoms with van der Waals surface area (Å²) in [7, 11) is 0. The molecule has 0 bridgehead atoms. The molecule has 7 nitrogen and oxygen atoms in total. The first kappa shape index (κ1) is 18.9. The molecule has 1 aliphatic heterocycles. The average molecular weight is 369 g/mol. The Morgan fingerprint density at radius 2 is 1.93 bits per heavy atom. The first-order valence-electron chi connectivity index (χ1n) is 9.55. The molecule has 7 heteroatoms. The van der Waals surface area contributed by atoms with Crippen LogP contribution in [0.25, 0.3) is 0 Å². The maximum Gasteiger partial charge on any atom is 0.409 e. The fraction of sp³-hybridized carbons (Fsp3) is 0.450. The van der Waals surface area contributed by atoms with Crippen LogP contribution in [0, 0.1) is 0 Å². The van der Waals surface area contributed by atoms with Gasteiger partial charge in [0.1, 0.15) is 5.82 Å². The minimum Gasteiger partial charge on any atom is -0.450 e. The number of anilines is 3. The first-order valence-corrected chi connectivity index (χ1v) is 9.55. The molecule has 27 heavy (non-hydrogen) atoms. The molecule has 0 saturated carbocycles. The lowest BCUT2D eigenvalue weighted by Gasteiger charge is -2.31. The Morgan fingerprint density at radius 1 is 1.19 bits per heavy atom. The predicted octanol–water partition coefficient (Wildman–Crippen LogP) is 3.82. The highest BCUT2D eigenvalue weighted by Crippen LogP contribution is 2.18. The minimum atomic E-state index is -0.229. The summed E-state index contributed by atoms with van der Waals surface area (Å²) in [6.45, 7) is 5.73. The molecule has 1 aromatic carbocycles. The van der Waals surface area contributed by atoms with Gasteiger partial charge in [-0.25, -0.2) is 9.78 Å². The largest absolute Gasteiger partial charge is 0.450 e. The molecule has 1 aromatic heterocycles. The number of rotatable bonds is 6. The third-order valence-corrected chi connectivity index (χ3v) is 4.64. The summed E-state index contributed by atoms with van der Waals surface area (Å²) >= 11 is 0. The van der Waals surface area contributed by atoms with E-state index in [0.717, 1.165) is 30.8 Å². The van der Waals surface area contributed by atoms with Crippen LogP contribution in [0.4, 0.5) is 22.2 Å². The Hall–Kier alpha value is -2.83. The summed E-state index contributed by atoms with van der Waals surface area (Å²) in [5.41, 5.74) is 2.30. The maximum atomic E-state index is 11.8. The van der Waals surface area contributed by atoms with Crippen LogP contribution < -0.4 is 10.6 Å². The van der Waals surface area contributed by atoms with Gasteiger partial charge < -0.3 is 20.3 Å². The molecule has 0 radical (unpaired) electrons. The molecule has 1 fully saturated rings. The molecule has 2 N–H and O–H groups in total. The van der Waals surface area contributed by atoms with Crippen LogP contribution in [0.15, 0.2) is 36.5 Å². The highest BCUT2D eigenvalue weighted by Gasteiger charge is 2.23. The van der Waals surface area contributed by atoms with Gasteiger partial charge in [-0.2, -0.15) is 4.98 Å². The molecule has 0 unspecified atom stereocenters. The van der Waals surface area contributed by atoms with Crippen molar-refractivity contribution in [1.82, 2.24) is 14.9 Å². The van der Waals surface area contributed by atoms with Crippen LogP contribution in [0.1, 0.15) is 32.3 Å². The summed E-state index contributed by atoms with van der Waals surface area (Å²) < 4.78 is 5.06. The highest BCUT2D eigenvalue weighted by atomic mass is 16.6. The fourth-order valence-corrected chi connectivity index (χ4v) is 3.07. The zero-order valence-corrected chi connectivity index (χ0v) is 15.9. The molecule has 0 aliphatic carbocycles. The van der Waals surface area contributed by atoms with Crippen LogP contribution in [0.5, 0.6) is 0 Å². The van der Waals surface area contributed by atoms with Gasteiger partial charge in [-0.15, -0.1) is 0 Å². The van der Waals surface area contributed by atoms with Gasteiger partial charge in [0.15, 0.2) is 0 Å². The van der Waals surface area contributed by atoms with Crippen molar-refractivity contribution in [2.45, 2.75) is 39.2 Å². The Labute approximate surface area is 160 Å². The molecular formula is C20H27N5O2. The summed E-state index contributed by atoms with van der Waals surface area (Å²) in [5.74, 6) is 1.35. The first-order chi connectivity index (χ1) is 13.2. The summed E-state index contributed by atoms with van der Waals surface area (Å²) in [4.78, 5) is 22.4. The quantitative estimate of drug-likeness (QED) is 0.806. The van der Waals surface area contributed by atoms with E-state index in [2.05, 4.69) is 51.8 Å². The van der Waals surface area contributed by atoms with Gasteiger partial charge in [0.05, 0.1) is 6.61 Å². The number of piperidine rings is 1. The van der Waals surface area contributed by atoms with E-state index >= 15 is 0 Å². The number of aromatic nitrogens is 2. The van der Waals surface area contributed by atoms with Crippen LogP contribution >= 0.6 is 0 Å². The third kappa shape index (κ3) is 5.32. The molecule has 0 spiro atoms. The molecule has 1 aliphatic rings. The van der Waals surface area contributed by atoms with Gasteiger partial charge in [0.2, 0.25) is 5.95 Å². The van der Waals surface area contributed by atoms with Crippen LogP contribution in [0.3, 0.4) is 0 Å². The van der Waals surface area contributed by atoms with Crippen LogP contribution in [-0.4, -0.2) is 46.7 Å². The number of likely N-dealkylation sites (tertiary alicyclic amines) is 1. The van der Waals surface area contributed by atoms with Gasteiger partial charge in [0.25, 0.3) is 0 Å². The van der Waals surface area contributed by atoms with E-state index in [1.54, 1.807) is 11.1 Å². The van der Waals surface area contributed by atoms with Gasteiger partial charge in [0, 0.05) is 31.0 Å². The second-order valence-electron chi connectivity index (χ2n) is 6.55. The Bertz CT molecular complexity index is 742. The summed E-state index contributed by atoms with van der Waals surface area (Å²) in [6.07, 6.45) is 4.23. The van der Waals surface area contributed by atoms with E-state index < -0.39 is 0 Å². The van der Waals surface area contributed by atoms with Crippen molar-refractivity contribution in [3.8, 4) is 0 Å². The maximum absolute atomic E-state index is 11.8. The standard InChI is InChI=1S/C20H27N5O2/c1-3-15-5-7-16(8-6-15)22-18-9-12-21-19(24-18)23-17-10-13-25(14-11-17)20(26)27-4-2/h5-9,12,17H,3-4,10-11,13-14H2,1-2H3,(H2,21,22,23,24). The Balaban J connectivity index is 1.54. The topological polar surface area (TPSA) is 79.4 Å². The molecular weight excluding hydrogens is 342 g/mol. The van der Waals surface area contributed by atoms with E-state index in [1.165, 1.54) is 5.56 Å². The molecule has 3 rings (SSSR count). The van der Waals surface area contributed by atoms with Gasteiger partial charge in [-0.1, -0.05) is 19.1 Å². The number of nitrogens with one attached hydrogen (secondary N) is 2. The number of hydrogen-bond donors (Lipinski definition) is 2. The molecule has 1 amide bonds. The number of nitrogens with zero attached hydrogens (tertiary/aromatic N) is 3. The third-order valence-electron chi connectivity index (χ3n) is 4.64. The molecule has 144 valence electrons. The Morgan fingerprint density at radius 3 is 2.59 bits per heavy atom. The van der Waals surface area contributed by atoms with Crippen molar-refractivity contribution in [3.05, 3.63) is 42.1 Å². The fourth-order valence-electron chi connectivity index (χ4n) is 3.07. The number of hydrogen-bond acceptors (Lipinski definition) is 6. The number of aryl methyl sites for hydroxylation is 1. The van der Waals surface area contributed by atoms with Gasteiger partial charge in [-0.3, -0.25) is 0 Å². The Kier molecular flexibility index (Phi) is 6.46. The number of carbonyl (C=O) groups excluding carboxylic acids is 1. The summed E-state index contributed by atoms with van der Waals surface area (Å²) in [6, 6.07) is 10.4. The van der Waals surface area contributed by atoms with Crippen molar-refractivity contribution in [2.75, 3.05) is 30.3 Å².